The summed E-state index contributed by atoms with van der Waals surface area (Å²) in [6.07, 6.45) is 3.96. The van der Waals surface area contributed by atoms with Crippen LogP contribution < -0.4 is 14.2 Å². The lowest BCUT2D eigenvalue weighted by Crippen LogP contribution is -2.29. The Hall–Kier alpha value is -3.38. The Labute approximate surface area is 206 Å². The van der Waals surface area contributed by atoms with Crippen LogP contribution in [-0.4, -0.2) is 42.7 Å². The van der Waals surface area contributed by atoms with Gasteiger partial charge < -0.3 is 14.2 Å². The molecule has 1 aliphatic carbocycles. The molecule has 5 rings (SSSR count). The minimum atomic E-state index is -0.428. The normalized spacial score (nSPS) is 16.2. The standard InChI is InChI=1S/C29H32N2O4/c1-4-31(5-2)28(23-8-6-7-9-24(23)33-3)20-10-12-22(30-18-20)17-27(32)29(14-15-29)21-11-13-25-26(16-21)35-19-34-25/h6-13,16,18,28H,4-5,14-15,17,19H2,1-3H3. The van der Waals surface area contributed by atoms with Crippen molar-refractivity contribution < 1.29 is 19.0 Å². The van der Waals surface area contributed by atoms with Crippen molar-refractivity contribution in [2.75, 3.05) is 27.0 Å². The zero-order valence-electron chi connectivity index (χ0n) is 20.6. The molecule has 0 bridgehead atoms. The highest BCUT2D eigenvalue weighted by Gasteiger charge is 2.51. The topological polar surface area (TPSA) is 60.9 Å². The highest BCUT2D eigenvalue weighted by Crippen LogP contribution is 2.51. The largest absolute Gasteiger partial charge is 0.496 e. The Bertz CT molecular complexity index is 1200. The third kappa shape index (κ3) is 4.39. The summed E-state index contributed by atoms with van der Waals surface area (Å²) in [6, 6.07) is 18.1. The van der Waals surface area contributed by atoms with E-state index in [0.29, 0.717) is 6.42 Å². The van der Waals surface area contributed by atoms with Crippen molar-refractivity contribution in [3.63, 3.8) is 0 Å². The van der Waals surface area contributed by atoms with Crippen molar-refractivity contribution in [1.82, 2.24) is 9.88 Å². The van der Waals surface area contributed by atoms with Gasteiger partial charge in [-0.15, -0.1) is 0 Å². The number of ketones is 1. The Morgan fingerprint density at radius 1 is 1.06 bits per heavy atom. The number of benzene rings is 2. The Balaban J connectivity index is 1.37. The summed E-state index contributed by atoms with van der Waals surface area (Å²) in [4.78, 5) is 20.5. The maximum atomic E-state index is 13.4. The molecular formula is C29H32N2O4. The minimum Gasteiger partial charge on any atom is -0.496 e. The van der Waals surface area contributed by atoms with Gasteiger partial charge >= 0.3 is 0 Å². The first-order valence-corrected chi connectivity index (χ1v) is 12.3. The molecule has 0 N–H and O–H groups in total. The van der Waals surface area contributed by atoms with E-state index in [4.69, 9.17) is 19.2 Å². The third-order valence-electron chi connectivity index (χ3n) is 7.32. The van der Waals surface area contributed by atoms with E-state index in [0.717, 1.165) is 65.6 Å². The number of carbonyl (C=O) groups is 1. The SMILES string of the molecule is CCN(CC)C(c1ccc(CC(=O)C2(c3ccc4c(c3)OCO4)CC2)nc1)c1ccccc1OC. The fourth-order valence-corrected chi connectivity index (χ4v) is 5.15. The highest BCUT2D eigenvalue weighted by atomic mass is 16.7. The molecule has 0 amide bonds. The van der Waals surface area contributed by atoms with Crippen molar-refractivity contribution in [2.45, 2.75) is 44.6 Å². The van der Waals surface area contributed by atoms with Gasteiger partial charge in [0.05, 0.1) is 18.6 Å². The number of hydrogen-bond donors (Lipinski definition) is 0. The van der Waals surface area contributed by atoms with Crippen LogP contribution in [0.2, 0.25) is 0 Å². The molecular weight excluding hydrogens is 440 g/mol. The number of hydrogen-bond acceptors (Lipinski definition) is 6. The van der Waals surface area contributed by atoms with Gasteiger partial charge in [-0.25, -0.2) is 0 Å². The second-order valence-corrected chi connectivity index (χ2v) is 9.20. The molecule has 1 fully saturated rings. The zero-order valence-corrected chi connectivity index (χ0v) is 20.6. The van der Waals surface area contributed by atoms with Gasteiger partial charge in [-0.2, -0.15) is 0 Å². The number of ether oxygens (including phenoxy) is 3. The summed E-state index contributed by atoms with van der Waals surface area (Å²) in [7, 11) is 1.71. The number of rotatable bonds is 10. The molecule has 6 heteroatoms. The molecule has 1 saturated carbocycles. The molecule has 182 valence electrons. The molecule has 3 aromatic rings. The van der Waals surface area contributed by atoms with Gasteiger partial charge in [0.2, 0.25) is 6.79 Å². The summed E-state index contributed by atoms with van der Waals surface area (Å²) >= 11 is 0. The summed E-state index contributed by atoms with van der Waals surface area (Å²) in [6.45, 7) is 6.36. The van der Waals surface area contributed by atoms with Gasteiger partial charge in [-0.3, -0.25) is 14.7 Å². The number of fused-ring (bicyclic) bond motifs is 1. The molecule has 0 radical (unpaired) electrons. The van der Waals surface area contributed by atoms with E-state index < -0.39 is 5.41 Å². The summed E-state index contributed by atoms with van der Waals surface area (Å²) in [5, 5.41) is 0. The average Bonchev–Trinajstić information content (AvgIpc) is 3.58. The van der Waals surface area contributed by atoms with Gasteiger partial charge in [-0.05, 0) is 61.3 Å². The predicted octanol–water partition coefficient (Wildman–Crippen LogP) is 5.09. The molecule has 2 aliphatic rings. The summed E-state index contributed by atoms with van der Waals surface area (Å²) in [5.41, 5.74) is 3.59. The monoisotopic (exact) mass is 472 g/mol. The van der Waals surface area contributed by atoms with E-state index in [-0.39, 0.29) is 18.6 Å². The number of carbonyl (C=O) groups excluding carboxylic acids is 1. The van der Waals surface area contributed by atoms with Gasteiger partial charge in [0.15, 0.2) is 11.5 Å². The molecule has 0 spiro atoms. The quantitative estimate of drug-likeness (QED) is 0.409. The smallest absolute Gasteiger partial charge is 0.231 e. The van der Waals surface area contributed by atoms with Crippen molar-refractivity contribution in [2.24, 2.45) is 0 Å². The maximum Gasteiger partial charge on any atom is 0.231 e. The van der Waals surface area contributed by atoms with Crippen LogP contribution in [0, 0.1) is 0 Å². The minimum absolute atomic E-state index is 0.0295. The number of methoxy groups -OCH3 is 1. The van der Waals surface area contributed by atoms with Crippen LogP contribution in [-0.2, 0) is 16.6 Å². The third-order valence-corrected chi connectivity index (χ3v) is 7.32. The van der Waals surface area contributed by atoms with Crippen LogP contribution in [0.1, 0.15) is 55.1 Å². The Morgan fingerprint density at radius 3 is 2.51 bits per heavy atom. The Morgan fingerprint density at radius 2 is 1.83 bits per heavy atom. The molecule has 6 nitrogen and oxygen atoms in total. The van der Waals surface area contributed by atoms with E-state index >= 15 is 0 Å². The van der Waals surface area contributed by atoms with Gasteiger partial charge in [0.25, 0.3) is 0 Å². The van der Waals surface area contributed by atoms with E-state index in [2.05, 4.69) is 30.9 Å². The van der Waals surface area contributed by atoms with Crippen molar-refractivity contribution in [1.29, 1.82) is 0 Å². The number of aromatic nitrogens is 1. The highest BCUT2D eigenvalue weighted by molar-refractivity contribution is 5.94. The second kappa shape index (κ2) is 9.70. The van der Waals surface area contributed by atoms with Gasteiger partial charge in [0, 0.05) is 23.9 Å². The molecule has 1 atom stereocenters. The maximum absolute atomic E-state index is 13.4. The van der Waals surface area contributed by atoms with Crippen LogP contribution in [0.15, 0.2) is 60.8 Å². The van der Waals surface area contributed by atoms with Crippen LogP contribution >= 0.6 is 0 Å². The van der Waals surface area contributed by atoms with Crippen LogP contribution in [0.5, 0.6) is 17.2 Å². The van der Waals surface area contributed by atoms with Crippen LogP contribution in [0.25, 0.3) is 0 Å². The zero-order chi connectivity index (χ0) is 24.4. The molecule has 2 aromatic carbocycles. The number of Topliss-reactive ketones (excluding diaryl/α,β-unsaturated/α-hetero) is 1. The predicted molar refractivity (Wildman–Crippen MR) is 134 cm³/mol. The van der Waals surface area contributed by atoms with E-state index in [9.17, 15) is 4.79 Å². The lowest BCUT2D eigenvalue weighted by atomic mass is 9.88. The lowest BCUT2D eigenvalue weighted by molar-refractivity contribution is -0.120. The summed E-state index contributed by atoms with van der Waals surface area (Å²) in [5.74, 6) is 2.54. The van der Waals surface area contributed by atoms with E-state index in [1.807, 2.05) is 48.7 Å². The van der Waals surface area contributed by atoms with E-state index in [1.54, 1.807) is 7.11 Å². The molecule has 1 aliphatic heterocycles. The fraction of sp³-hybridized carbons (Fsp3) is 0.379. The van der Waals surface area contributed by atoms with Crippen molar-refractivity contribution in [3.05, 3.63) is 83.2 Å². The second-order valence-electron chi connectivity index (χ2n) is 9.20. The Kier molecular flexibility index (Phi) is 6.48. The van der Waals surface area contributed by atoms with Crippen LogP contribution in [0.3, 0.4) is 0 Å². The summed E-state index contributed by atoms with van der Waals surface area (Å²) < 4.78 is 16.6. The molecule has 1 unspecified atom stereocenters. The first-order chi connectivity index (χ1) is 17.1. The number of para-hydroxylation sites is 1. The number of nitrogens with zero attached hydrogens (tertiary/aromatic N) is 2. The lowest BCUT2D eigenvalue weighted by Gasteiger charge is -2.31. The first kappa shape index (κ1) is 23.4. The van der Waals surface area contributed by atoms with Gasteiger partial charge in [-0.1, -0.05) is 44.2 Å². The first-order valence-electron chi connectivity index (χ1n) is 12.3. The molecule has 1 aromatic heterocycles. The molecule has 35 heavy (non-hydrogen) atoms. The average molecular weight is 473 g/mol. The van der Waals surface area contributed by atoms with Crippen molar-refractivity contribution in [3.8, 4) is 17.2 Å². The van der Waals surface area contributed by atoms with Crippen molar-refractivity contribution >= 4 is 5.78 Å². The van der Waals surface area contributed by atoms with Crippen LogP contribution in [0.4, 0.5) is 0 Å². The fourth-order valence-electron chi connectivity index (χ4n) is 5.15. The van der Waals surface area contributed by atoms with Gasteiger partial charge in [0.1, 0.15) is 11.5 Å². The van der Waals surface area contributed by atoms with E-state index in [1.165, 1.54) is 0 Å². The molecule has 2 heterocycles. The molecule has 0 saturated heterocycles. The number of pyridine rings is 1.